The van der Waals surface area contributed by atoms with E-state index < -0.39 is 11.6 Å². The average molecular weight is 381 g/mol. The molecule has 132 valence electrons. The molecule has 1 fully saturated rings. The SMILES string of the molecule is Cc1c(CC2C(C=C(Cl)Cl)C2(C)C)cccc1-c1cc(F)ccc1F. The predicted octanol–water partition coefficient (Wildman–Crippen LogP) is 7.07. The molecule has 0 spiro atoms. The van der Waals surface area contributed by atoms with Gasteiger partial charge in [0.25, 0.3) is 0 Å². The zero-order chi connectivity index (χ0) is 18.4. The lowest BCUT2D eigenvalue weighted by molar-refractivity contribution is 0.549. The molecule has 25 heavy (non-hydrogen) atoms. The van der Waals surface area contributed by atoms with Crippen LogP contribution in [0.15, 0.2) is 47.0 Å². The van der Waals surface area contributed by atoms with Crippen LogP contribution < -0.4 is 0 Å². The first-order valence-corrected chi connectivity index (χ1v) is 9.04. The summed E-state index contributed by atoms with van der Waals surface area (Å²) in [6.45, 7) is 6.35. The van der Waals surface area contributed by atoms with Gasteiger partial charge in [-0.2, -0.15) is 0 Å². The van der Waals surface area contributed by atoms with Gasteiger partial charge >= 0.3 is 0 Å². The van der Waals surface area contributed by atoms with E-state index in [0.29, 0.717) is 21.9 Å². The Morgan fingerprint density at radius 3 is 2.52 bits per heavy atom. The Balaban J connectivity index is 1.93. The molecule has 0 saturated heterocycles. The molecule has 2 unspecified atom stereocenters. The van der Waals surface area contributed by atoms with Crippen LogP contribution in [0.1, 0.15) is 25.0 Å². The number of hydrogen-bond acceptors (Lipinski definition) is 0. The Kier molecular flexibility index (Phi) is 4.96. The fourth-order valence-electron chi connectivity index (χ4n) is 3.78. The second-order valence-electron chi connectivity index (χ2n) is 7.33. The number of allylic oxidation sites excluding steroid dienone is 1. The summed E-state index contributed by atoms with van der Waals surface area (Å²) in [6, 6.07) is 9.34. The molecule has 0 heterocycles. The van der Waals surface area contributed by atoms with Crippen LogP contribution in [-0.2, 0) is 6.42 Å². The third-order valence-corrected chi connectivity index (χ3v) is 5.80. The van der Waals surface area contributed by atoms with Gasteiger partial charge in [0.05, 0.1) is 0 Å². The third kappa shape index (κ3) is 3.61. The standard InChI is InChI=1S/C21H20Cl2F2/c1-12-13(9-17-18(11-20(22)23)21(17,2)3)5-4-6-15(12)16-10-14(24)7-8-19(16)25/h4-8,10-11,17-18H,9H2,1-3H3. The second-order valence-corrected chi connectivity index (χ2v) is 8.34. The molecule has 1 saturated carbocycles. The van der Waals surface area contributed by atoms with E-state index in [0.717, 1.165) is 29.2 Å². The monoisotopic (exact) mass is 380 g/mol. The summed E-state index contributed by atoms with van der Waals surface area (Å²) < 4.78 is 28.0. The van der Waals surface area contributed by atoms with Gasteiger partial charge in [-0.05, 0) is 65.5 Å². The predicted molar refractivity (Wildman–Crippen MR) is 101 cm³/mol. The largest absolute Gasteiger partial charge is 0.207 e. The van der Waals surface area contributed by atoms with Crippen LogP contribution in [0.25, 0.3) is 11.1 Å². The molecule has 2 aromatic rings. The quantitative estimate of drug-likeness (QED) is 0.531. The van der Waals surface area contributed by atoms with Crippen LogP contribution in [-0.4, -0.2) is 0 Å². The topological polar surface area (TPSA) is 0 Å². The maximum atomic E-state index is 14.2. The Morgan fingerprint density at radius 1 is 1.12 bits per heavy atom. The number of rotatable bonds is 4. The molecule has 0 aromatic heterocycles. The molecular weight excluding hydrogens is 361 g/mol. The van der Waals surface area contributed by atoms with Crippen molar-refractivity contribution < 1.29 is 8.78 Å². The summed E-state index contributed by atoms with van der Waals surface area (Å²) in [7, 11) is 0. The number of hydrogen-bond donors (Lipinski definition) is 0. The highest BCUT2D eigenvalue weighted by molar-refractivity contribution is 6.55. The maximum absolute atomic E-state index is 14.2. The summed E-state index contributed by atoms with van der Waals surface area (Å²) in [5.41, 5.74) is 3.28. The normalized spacial score (nSPS) is 21.1. The average Bonchev–Trinajstić information content (AvgIpc) is 3.03. The molecule has 4 heteroatoms. The van der Waals surface area contributed by atoms with Crippen molar-refractivity contribution in [2.24, 2.45) is 17.3 Å². The Morgan fingerprint density at radius 2 is 1.84 bits per heavy atom. The molecule has 0 aliphatic heterocycles. The molecule has 2 atom stereocenters. The van der Waals surface area contributed by atoms with E-state index in [2.05, 4.69) is 13.8 Å². The molecular formula is C21H20Cl2F2. The third-order valence-electron chi connectivity index (χ3n) is 5.55. The fourth-order valence-corrected chi connectivity index (χ4v) is 4.05. The van der Waals surface area contributed by atoms with Crippen LogP contribution in [0, 0.1) is 35.8 Å². The number of benzene rings is 2. The molecule has 0 radical (unpaired) electrons. The first-order valence-electron chi connectivity index (χ1n) is 8.28. The lowest BCUT2D eigenvalue weighted by Gasteiger charge is -2.13. The van der Waals surface area contributed by atoms with E-state index in [4.69, 9.17) is 23.2 Å². The zero-order valence-electron chi connectivity index (χ0n) is 14.4. The van der Waals surface area contributed by atoms with E-state index in [1.54, 1.807) is 0 Å². The van der Waals surface area contributed by atoms with Crippen LogP contribution in [0.4, 0.5) is 8.78 Å². The van der Waals surface area contributed by atoms with Crippen LogP contribution in [0.3, 0.4) is 0 Å². The molecule has 1 aliphatic rings. The first kappa shape index (κ1) is 18.4. The van der Waals surface area contributed by atoms with Crippen LogP contribution >= 0.6 is 23.2 Å². The van der Waals surface area contributed by atoms with E-state index in [1.165, 1.54) is 12.1 Å². The van der Waals surface area contributed by atoms with Gasteiger partial charge in [-0.1, -0.05) is 61.3 Å². The van der Waals surface area contributed by atoms with Gasteiger partial charge in [-0.3, -0.25) is 0 Å². The van der Waals surface area contributed by atoms with Crippen molar-refractivity contribution in [2.45, 2.75) is 27.2 Å². The van der Waals surface area contributed by atoms with Gasteiger partial charge < -0.3 is 0 Å². The van der Waals surface area contributed by atoms with Crippen LogP contribution in [0.2, 0.25) is 0 Å². The molecule has 1 aliphatic carbocycles. The van der Waals surface area contributed by atoms with Gasteiger partial charge in [0.1, 0.15) is 16.1 Å². The lowest BCUT2D eigenvalue weighted by Crippen LogP contribution is -1.99. The highest BCUT2D eigenvalue weighted by Crippen LogP contribution is 2.61. The molecule has 0 amide bonds. The second kappa shape index (κ2) is 6.74. The molecule has 0 nitrogen and oxygen atoms in total. The fraction of sp³-hybridized carbons (Fsp3) is 0.333. The van der Waals surface area contributed by atoms with Crippen molar-refractivity contribution in [3.05, 3.63) is 69.7 Å². The number of halogens is 4. The highest BCUT2D eigenvalue weighted by Gasteiger charge is 2.55. The van der Waals surface area contributed by atoms with Crippen molar-refractivity contribution in [3.8, 4) is 11.1 Å². The first-order chi connectivity index (χ1) is 11.7. The molecule has 3 rings (SSSR count). The molecule has 2 aromatic carbocycles. The van der Waals surface area contributed by atoms with Gasteiger partial charge in [0, 0.05) is 5.56 Å². The minimum absolute atomic E-state index is 0.127. The maximum Gasteiger partial charge on any atom is 0.131 e. The van der Waals surface area contributed by atoms with Crippen molar-refractivity contribution in [1.82, 2.24) is 0 Å². The van der Waals surface area contributed by atoms with Gasteiger partial charge in [0.2, 0.25) is 0 Å². The van der Waals surface area contributed by atoms with Crippen molar-refractivity contribution in [1.29, 1.82) is 0 Å². The Labute approximate surface area is 157 Å². The molecule has 0 bridgehead atoms. The minimum atomic E-state index is -0.438. The van der Waals surface area contributed by atoms with Crippen LogP contribution in [0.5, 0.6) is 0 Å². The minimum Gasteiger partial charge on any atom is -0.207 e. The van der Waals surface area contributed by atoms with Crippen molar-refractivity contribution >= 4 is 23.2 Å². The van der Waals surface area contributed by atoms with E-state index in [1.807, 2.05) is 31.2 Å². The zero-order valence-corrected chi connectivity index (χ0v) is 15.9. The summed E-state index contributed by atoms with van der Waals surface area (Å²) in [4.78, 5) is 0. The van der Waals surface area contributed by atoms with Gasteiger partial charge in [0.15, 0.2) is 0 Å². The summed E-state index contributed by atoms with van der Waals surface area (Å²) in [6.07, 6.45) is 2.75. The molecule has 0 N–H and O–H groups in total. The Bertz CT molecular complexity index is 836. The van der Waals surface area contributed by atoms with Crippen molar-refractivity contribution in [2.75, 3.05) is 0 Å². The van der Waals surface area contributed by atoms with Gasteiger partial charge in [-0.25, -0.2) is 8.78 Å². The van der Waals surface area contributed by atoms with Gasteiger partial charge in [-0.15, -0.1) is 0 Å². The van der Waals surface area contributed by atoms with E-state index >= 15 is 0 Å². The smallest absolute Gasteiger partial charge is 0.131 e. The van der Waals surface area contributed by atoms with Crippen molar-refractivity contribution in [3.63, 3.8) is 0 Å². The Hall–Kier alpha value is -1.38. The lowest BCUT2D eigenvalue weighted by atomic mass is 9.92. The summed E-state index contributed by atoms with van der Waals surface area (Å²) >= 11 is 11.7. The summed E-state index contributed by atoms with van der Waals surface area (Å²) in [5, 5.41) is 0. The van der Waals surface area contributed by atoms with E-state index in [-0.39, 0.29) is 5.41 Å². The van der Waals surface area contributed by atoms with E-state index in [9.17, 15) is 8.78 Å². The highest BCUT2D eigenvalue weighted by atomic mass is 35.5. The summed E-state index contributed by atoms with van der Waals surface area (Å²) in [5.74, 6) is -0.104.